The quantitative estimate of drug-likeness (QED) is 0.127. The highest BCUT2D eigenvalue weighted by Crippen LogP contribution is 2.37. The first kappa shape index (κ1) is 30.8. The second-order valence-electron chi connectivity index (χ2n) is 9.63. The van der Waals surface area contributed by atoms with Crippen LogP contribution in [0.25, 0.3) is 5.57 Å². The normalized spacial score (nSPS) is 13.8. The van der Waals surface area contributed by atoms with Gasteiger partial charge in [-0.3, -0.25) is 19.5 Å². The van der Waals surface area contributed by atoms with Crippen LogP contribution < -0.4 is 10.2 Å². The summed E-state index contributed by atoms with van der Waals surface area (Å²) in [5.41, 5.74) is 5.12. The first-order chi connectivity index (χ1) is 19.4. The minimum Gasteiger partial charge on any atom is -0.357 e. The van der Waals surface area contributed by atoms with E-state index >= 15 is 0 Å². The van der Waals surface area contributed by atoms with Gasteiger partial charge in [-0.15, -0.1) is 6.58 Å². The lowest BCUT2D eigenvalue weighted by molar-refractivity contribution is -0.109. The van der Waals surface area contributed by atoms with Gasteiger partial charge in [0.25, 0.3) is 0 Å². The number of aryl methyl sites for hydroxylation is 2. The monoisotopic (exact) mass is 561 g/mol. The van der Waals surface area contributed by atoms with Crippen molar-refractivity contribution >= 4 is 47.3 Å². The number of aromatic nitrogens is 1. The topological polar surface area (TPSA) is 77.9 Å². The molecule has 2 aromatic rings. The summed E-state index contributed by atoms with van der Waals surface area (Å²) in [6, 6.07) is 7.89. The van der Waals surface area contributed by atoms with E-state index in [2.05, 4.69) is 42.8 Å². The van der Waals surface area contributed by atoms with Crippen LogP contribution in [0.5, 0.6) is 0 Å². The lowest BCUT2D eigenvalue weighted by atomic mass is 10.00. The van der Waals surface area contributed by atoms with Crippen LogP contribution >= 0.6 is 11.6 Å². The van der Waals surface area contributed by atoms with Gasteiger partial charge in [-0.05, 0) is 61.8 Å². The zero-order valence-corrected chi connectivity index (χ0v) is 24.7. The van der Waals surface area contributed by atoms with E-state index in [-0.39, 0.29) is 6.04 Å². The van der Waals surface area contributed by atoms with Crippen LogP contribution in [0.4, 0.5) is 11.5 Å². The van der Waals surface area contributed by atoms with E-state index in [4.69, 9.17) is 21.6 Å². The number of nitrogens with zero attached hydrogens (tertiary/aromatic N) is 4. The van der Waals surface area contributed by atoms with Crippen LogP contribution in [0.3, 0.4) is 0 Å². The van der Waals surface area contributed by atoms with Crippen molar-refractivity contribution < 1.29 is 9.59 Å². The molecule has 40 heavy (non-hydrogen) atoms. The van der Waals surface area contributed by atoms with Crippen molar-refractivity contribution in [2.45, 2.75) is 58.9 Å². The molecule has 0 saturated carbocycles. The minimum absolute atomic E-state index is 0.0991. The summed E-state index contributed by atoms with van der Waals surface area (Å²) < 4.78 is 0. The third kappa shape index (κ3) is 6.89. The Kier molecular flexibility index (Phi) is 11.7. The predicted molar refractivity (Wildman–Crippen MR) is 167 cm³/mol. The third-order valence-corrected chi connectivity index (χ3v) is 7.38. The van der Waals surface area contributed by atoms with Gasteiger partial charge in [-0.2, -0.15) is 0 Å². The number of nitrogens with one attached hydrogen (secondary N) is 1. The Balaban J connectivity index is 2.33. The Morgan fingerprint density at radius 3 is 2.50 bits per heavy atom. The molecule has 2 amide bonds. The van der Waals surface area contributed by atoms with Crippen LogP contribution in [0.2, 0.25) is 5.02 Å². The smallest absolute Gasteiger partial charge is 0.219 e. The zero-order chi connectivity index (χ0) is 29.1. The Morgan fingerprint density at radius 2 is 1.95 bits per heavy atom. The minimum atomic E-state index is -0.0991. The SMILES string of the molecule is C=CCCN(/C(=N/C)c1cc(Cl)c(C2=CCCC=C2)nc1N(C=O)c1c(CC)cccc1CC)C(C)CNC=O. The van der Waals surface area contributed by atoms with E-state index in [1.807, 2.05) is 43.3 Å². The number of allylic oxidation sites excluding steroid dienone is 4. The molecule has 1 aliphatic rings. The fourth-order valence-corrected chi connectivity index (χ4v) is 5.31. The van der Waals surface area contributed by atoms with Gasteiger partial charge >= 0.3 is 0 Å². The first-order valence-corrected chi connectivity index (χ1v) is 14.3. The number of rotatable bonds is 14. The van der Waals surface area contributed by atoms with Gasteiger partial charge in [0.15, 0.2) is 5.82 Å². The van der Waals surface area contributed by atoms with E-state index in [9.17, 15) is 9.59 Å². The molecule has 1 aromatic heterocycles. The maximum absolute atomic E-state index is 13.0. The second-order valence-corrected chi connectivity index (χ2v) is 10.0. The van der Waals surface area contributed by atoms with Crippen LogP contribution in [0.15, 0.2) is 60.1 Å². The van der Waals surface area contributed by atoms with Crippen LogP contribution in [0.1, 0.15) is 62.4 Å². The summed E-state index contributed by atoms with van der Waals surface area (Å²) in [6.07, 6.45) is 13.7. The molecule has 212 valence electrons. The largest absolute Gasteiger partial charge is 0.357 e. The number of hydrogen-bond acceptors (Lipinski definition) is 4. The first-order valence-electron chi connectivity index (χ1n) is 13.9. The number of pyridine rings is 1. The van der Waals surface area contributed by atoms with Gasteiger partial charge in [0.2, 0.25) is 12.8 Å². The Morgan fingerprint density at radius 1 is 1.23 bits per heavy atom. The van der Waals surface area contributed by atoms with E-state index in [0.29, 0.717) is 53.9 Å². The molecule has 0 bridgehead atoms. The number of benzene rings is 1. The molecule has 0 radical (unpaired) electrons. The lowest BCUT2D eigenvalue weighted by Crippen LogP contribution is -2.45. The fourth-order valence-electron chi connectivity index (χ4n) is 5.05. The molecule has 1 atom stereocenters. The van der Waals surface area contributed by atoms with Crippen molar-refractivity contribution in [1.82, 2.24) is 15.2 Å². The van der Waals surface area contributed by atoms with Gasteiger partial charge < -0.3 is 10.2 Å². The summed E-state index contributed by atoms with van der Waals surface area (Å²) in [5.74, 6) is 1.09. The van der Waals surface area contributed by atoms with Gasteiger partial charge in [-0.25, -0.2) is 4.98 Å². The number of carbonyl (C=O) groups is 2. The Hall–Kier alpha value is -3.71. The van der Waals surface area contributed by atoms with Crippen LogP contribution in [-0.2, 0) is 22.4 Å². The predicted octanol–water partition coefficient (Wildman–Crippen LogP) is 6.28. The zero-order valence-electron chi connectivity index (χ0n) is 24.0. The van der Waals surface area contributed by atoms with Gasteiger partial charge in [0.05, 0.1) is 22.0 Å². The average Bonchev–Trinajstić information content (AvgIpc) is 2.99. The molecule has 0 aliphatic heterocycles. The van der Waals surface area contributed by atoms with Gasteiger partial charge in [0.1, 0.15) is 5.84 Å². The number of amidine groups is 1. The number of amides is 2. The summed E-state index contributed by atoms with van der Waals surface area (Å²) in [7, 11) is 1.72. The Bertz CT molecular complexity index is 1280. The maximum atomic E-state index is 13.0. The molecular weight excluding hydrogens is 522 g/mol. The van der Waals surface area contributed by atoms with Crippen molar-refractivity contribution in [3.8, 4) is 0 Å². The van der Waals surface area contributed by atoms with Crippen molar-refractivity contribution in [3.63, 3.8) is 0 Å². The number of anilines is 2. The summed E-state index contributed by atoms with van der Waals surface area (Å²) in [4.78, 5) is 37.6. The average molecular weight is 562 g/mol. The van der Waals surface area contributed by atoms with Gasteiger partial charge in [0, 0.05) is 26.2 Å². The van der Waals surface area contributed by atoms with Crippen molar-refractivity contribution in [2.75, 3.05) is 25.0 Å². The fraction of sp³-hybridized carbons (Fsp3) is 0.375. The molecule has 7 nitrogen and oxygen atoms in total. The Labute approximate surface area is 243 Å². The molecule has 8 heteroatoms. The maximum Gasteiger partial charge on any atom is 0.219 e. The van der Waals surface area contributed by atoms with Crippen molar-refractivity contribution in [1.29, 1.82) is 0 Å². The number of halogens is 1. The molecule has 1 aromatic carbocycles. The van der Waals surface area contributed by atoms with E-state index in [1.54, 1.807) is 11.9 Å². The summed E-state index contributed by atoms with van der Waals surface area (Å²) in [5, 5.41) is 3.25. The number of para-hydroxylation sites is 1. The lowest BCUT2D eigenvalue weighted by Gasteiger charge is -2.34. The number of hydrogen-bond donors (Lipinski definition) is 1. The molecule has 0 fully saturated rings. The van der Waals surface area contributed by atoms with Gasteiger partial charge in [-0.1, -0.05) is 68.0 Å². The molecule has 0 saturated heterocycles. The van der Waals surface area contributed by atoms with Crippen molar-refractivity contribution in [3.05, 3.63) is 82.6 Å². The van der Waals surface area contributed by atoms with E-state index < -0.39 is 0 Å². The molecular formula is C32H40ClN5O2. The standard InChI is InChI=1S/C32H40ClN5O2/c1-6-9-18-37(23(4)20-35-21-39)31(34-5)27-19-28(33)29(26-14-11-10-12-15-26)36-32(27)38(22-40)30-24(7-2)16-13-17-25(30)8-3/h6,11,13-17,19,21-23H,1,7-10,12,18,20H2,2-5H3,(H,35,39)/b34-31+. The molecule has 1 unspecified atom stereocenters. The molecule has 1 N–H and O–H groups in total. The van der Waals surface area contributed by atoms with E-state index in [0.717, 1.165) is 54.5 Å². The summed E-state index contributed by atoms with van der Waals surface area (Å²) >= 11 is 6.93. The van der Waals surface area contributed by atoms with Crippen molar-refractivity contribution in [2.24, 2.45) is 4.99 Å². The second kappa shape index (κ2) is 15.2. The van der Waals surface area contributed by atoms with E-state index in [1.165, 1.54) is 0 Å². The third-order valence-electron chi connectivity index (χ3n) is 7.09. The van der Waals surface area contributed by atoms with Crippen LogP contribution in [0, 0.1) is 0 Å². The summed E-state index contributed by atoms with van der Waals surface area (Å²) in [6.45, 7) is 11.1. The molecule has 3 rings (SSSR count). The highest BCUT2D eigenvalue weighted by molar-refractivity contribution is 6.33. The molecule has 1 heterocycles. The highest BCUT2D eigenvalue weighted by atomic mass is 35.5. The molecule has 0 spiro atoms. The molecule has 1 aliphatic carbocycles. The number of carbonyl (C=O) groups excluding carboxylic acids is 2. The van der Waals surface area contributed by atoms with Crippen LogP contribution in [-0.4, -0.2) is 54.7 Å². The highest BCUT2D eigenvalue weighted by Gasteiger charge is 2.28. The number of aliphatic imine (C=N–C) groups is 1.